The highest BCUT2D eigenvalue weighted by atomic mass is 35.5. The van der Waals surface area contributed by atoms with Crippen LogP contribution in [0.5, 0.6) is 11.5 Å². The molecule has 0 amide bonds. The first-order valence-corrected chi connectivity index (χ1v) is 10.3. The highest BCUT2D eigenvalue weighted by molar-refractivity contribution is 6.32. The number of hydrogen-bond acceptors (Lipinski definition) is 5. The molecule has 4 rings (SSSR count). The first-order valence-electron chi connectivity index (χ1n) is 9.88. The molecule has 0 spiro atoms. The summed E-state index contributed by atoms with van der Waals surface area (Å²) in [4.78, 5) is 2.71. The zero-order chi connectivity index (χ0) is 17.8. The Balaban J connectivity index is 1.41. The maximum Gasteiger partial charge on any atom is 0.179 e. The third kappa shape index (κ3) is 3.96. The summed E-state index contributed by atoms with van der Waals surface area (Å²) in [5.41, 5.74) is 1.37. The summed E-state index contributed by atoms with van der Waals surface area (Å²) in [6, 6.07) is 4.03. The molecule has 0 saturated carbocycles. The number of nitrogens with one attached hydrogen (secondary N) is 1. The number of nitrogens with zero attached hydrogens (tertiary/aromatic N) is 1. The quantitative estimate of drug-likeness (QED) is 0.849. The molecule has 5 nitrogen and oxygen atoms in total. The third-order valence-corrected chi connectivity index (χ3v) is 6.17. The van der Waals surface area contributed by atoms with E-state index in [-0.39, 0.29) is 5.54 Å². The van der Waals surface area contributed by atoms with Crippen molar-refractivity contribution in [3.63, 3.8) is 0 Å². The van der Waals surface area contributed by atoms with Crippen LogP contribution in [0.2, 0.25) is 5.02 Å². The van der Waals surface area contributed by atoms with Crippen molar-refractivity contribution in [3.8, 4) is 11.5 Å². The van der Waals surface area contributed by atoms with Crippen molar-refractivity contribution in [1.82, 2.24) is 10.2 Å². The number of benzene rings is 1. The molecule has 0 aromatic heterocycles. The van der Waals surface area contributed by atoms with Gasteiger partial charge in [-0.1, -0.05) is 18.0 Å². The number of ether oxygens (including phenoxy) is 3. The van der Waals surface area contributed by atoms with Crippen molar-refractivity contribution in [2.75, 3.05) is 46.1 Å². The van der Waals surface area contributed by atoms with E-state index < -0.39 is 0 Å². The lowest BCUT2D eigenvalue weighted by atomic mass is 9.86. The van der Waals surface area contributed by atoms with Gasteiger partial charge in [0.2, 0.25) is 0 Å². The molecule has 0 bridgehead atoms. The van der Waals surface area contributed by atoms with Crippen molar-refractivity contribution in [3.05, 3.63) is 22.7 Å². The van der Waals surface area contributed by atoms with Crippen LogP contribution in [0.4, 0.5) is 0 Å². The molecule has 3 aliphatic rings. The maximum atomic E-state index is 6.37. The highest BCUT2D eigenvalue weighted by Crippen LogP contribution is 2.38. The van der Waals surface area contributed by atoms with Crippen LogP contribution in [-0.4, -0.2) is 56.5 Å². The Kier molecular flexibility index (Phi) is 5.89. The van der Waals surface area contributed by atoms with E-state index in [1.165, 1.54) is 32.4 Å². The van der Waals surface area contributed by atoms with E-state index in [4.69, 9.17) is 25.8 Å². The Morgan fingerprint density at radius 2 is 1.77 bits per heavy atom. The summed E-state index contributed by atoms with van der Waals surface area (Å²) in [5, 5.41) is 4.33. The Bertz CT molecular complexity index is 613. The Hall–Kier alpha value is -1.01. The molecule has 0 unspecified atom stereocenters. The molecule has 0 aliphatic carbocycles. The second kappa shape index (κ2) is 8.34. The minimum atomic E-state index is 0.232. The van der Waals surface area contributed by atoms with Gasteiger partial charge in [-0.25, -0.2) is 0 Å². The SMILES string of the molecule is Clc1cc(CNCC2(N3CCCCC3)CCOCC2)cc2c1OCCO2. The molecule has 0 radical (unpaired) electrons. The number of hydrogen-bond donors (Lipinski definition) is 1. The fourth-order valence-electron chi connectivity index (χ4n) is 4.43. The minimum Gasteiger partial charge on any atom is -0.486 e. The first kappa shape index (κ1) is 18.4. The summed E-state index contributed by atoms with van der Waals surface area (Å²) in [7, 11) is 0. The summed E-state index contributed by atoms with van der Waals surface area (Å²) >= 11 is 6.37. The van der Waals surface area contributed by atoms with Gasteiger partial charge in [0.05, 0.1) is 5.02 Å². The van der Waals surface area contributed by atoms with E-state index in [9.17, 15) is 0 Å². The normalized spacial score (nSPS) is 23.0. The third-order valence-electron chi connectivity index (χ3n) is 5.89. The van der Waals surface area contributed by atoms with Crippen LogP contribution in [0.15, 0.2) is 12.1 Å². The summed E-state index contributed by atoms with van der Waals surface area (Å²) in [6.45, 7) is 7.09. The van der Waals surface area contributed by atoms with Gasteiger partial charge in [0.15, 0.2) is 11.5 Å². The molecule has 3 aliphatic heterocycles. The largest absolute Gasteiger partial charge is 0.486 e. The lowest BCUT2D eigenvalue weighted by molar-refractivity contribution is -0.0358. The van der Waals surface area contributed by atoms with Crippen LogP contribution < -0.4 is 14.8 Å². The monoisotopic (exact) mass is 380 g/mol. The zero-order valence-corrected chi connectivity index (χ0v) is 16.2. The summed E-state index contributed by atoms with van der Waals surface area (Å²) in [6.07, 6.45) is 6.23. The maximum absolute atomic E-state index is 6.37. The van der Waals surface area contributed by atoms with Gasteiger partial charge in [0, 0.05) is 31.8 Å². The van der Waals surface area contributed by atoms with Gasteiger partial charge in [0.25, 0.3) is 0 Å². The van der Waals surface area contributed by atoms with E-state index >= 15 is 0 Å². The smallest absolute Gasteiger partial charge is 0.179 e. The van der Waals surface area contributed by atoms with Crippen molar-refractivity contribution in [2.24, 2.45) is 0 Å². The molecular weight excluding hydrogens is 352 g/mol. The molecular formula is C20H29ClN2O3. The molecule has 144 valence electrons. The molecule has 3 heterocycles. The topological polar surface area (TPSA) is 43.0 Å². The molecule has 1 aromatic rings. The number of fused-ring (bicyclic) bond motifs is 1. The van der Waals surface area contributed by atoms with Crippen LogP contribution in [0.1, 0.15) is 37.7 Å². The van der Waals surface area contributed by atoms with E-state index in [2.05, 4.69) is 10.2 Å². The fourth-order valence-corrected chi connectivity index (χ4v) is 4.72. The van der Waals surface area contributed by atoms with E-state index in [1.54, 1.807) is 0 Å². The molecule has 1 aromatic carbocycles. The number of halogens is 1. The summed E-state index contributed by atoms with van der Waals surface area (Å²) in [5.74, 6) is 1.44. The highest BCUT2D eigenvalue weighted by Gasteiger charge is 2.38. The van der Waals surface area contributed by atoms with E-state index in [1.807, 2.05) is 12.1 Å². The average Bonchev–Trinajstić information content (AvgIpc) is 2.69. The van der Waals surface area contributed by atoms with Gasteiger partial charge in [-0.05, 0) is 56.5 Å². The predicted molar refractivity (Wildman–Crippen MR) is 102 cm³/mol. The number of piperidine rings is 1. The Morgan fingerprint density at radius 1 is 1.00 bits per heavy atom. The van der Waals surface area contributed by atoms with E-state index in [0.717, 1.165) is 50.5 Å². The van der Waals surface area contributed by atoms with Gasteiger partial charge in [-0.15, -0.1) is 0 Å². The fraction of sp³-hybridized carbons (Fsp3) is 0.700. The molecule has 26 heavy (non-hydrogen) atoms. The molecule has 0 atom stereocenters. The van der Waals surface area contributed by atoms with Crippen LogP contribution in [-0.2, 0) is 11.3 Å². The van der Waals surface area contributed by atoms with Crippen molar-refractivity contribution >= 4 is 11.6 Å². The van der Waals surface area contributed by atoms with Crippen molar-refractivity contribution < 1.29 is 14.2 Å². The van der Waals surface area contributed by atoms with Crippen LogP contribution >= 0.6 is 11.6 Å². The number of likely N-dealkylation sites (tertiary alicyclic amines) is 1. The molecule has 6 heteroatoms. The van der Waals surface area contributed by atoms with E-state index in [0.29, 0.717) is 24.0 Å². The average molecular weight is 381 g/mol. The van der Waals surface area contributed by atoms with Crippen LogP contribution in [0.25, 0.3) is 0 Å². The predicted octanol–water partition coefficient (Wildman–Crippen LogP) is 3.24. The molecule has 1 N–H and O–H groups in total. The lowest BCUT2D eigenvalue weighted by Crippen LogP contribution is -2.59. The van der Waals surface area contributed by atoms with Gasteiger partial charge in [0.1, 0.15) is 13.2 Å². The molecule has 2 saturated heterocycles. The minimum absolute atomic E-state index is 0.232. The Labute approximate surface area is 160 Å². The first-order chi connectivity index (χ1) is 12.8. The molecule has 2 fully saturated rings. The Morgan fingerprint density at radius 3 is 2.58 bits per heavy atom. The van der Waals surface area contributed by atoms with Crippen molar-refractivity contribution in [2.45, 2.75) is 44.2 Å². The lowest BCUT2D eigenvalue weighted by Gasteiger charge is -2.48. The second-order valence-corrected chi connectivity index (χ2v) is 8.00. The van der Waals surface area contributed by atoms with Crippen LogP contribution in [0.3, 0.4) is 0 Å². The van der Waals surface area contributed by atoms with Gasteiger partial charge in [-0.2, -0.15) is 0 Å². The zero-order valence-electron chi connectivity index (χ0n) is 15.4. The van der Waals surface area contributed by atoms with Crippen LogP contribution in [0, 0.1) is 0 Å². The standard InChI is InChI=1S/C20H29ClN2O3/c21-17-12-16(13-18-19(17)26-11-10-25-18)14-22-15-20(4-8-24-9-5-20)23-6-2-1-3-7-23/h12-13,22H,1-11,14-15H2. The summed E-state index contributed by atoms with van der Waals surface area (Å²) < 4.78 is 17.0. The van der Waals surface area contributed by atoms with Gasteiger partial charge in [-0.3, -0.25) is 4.90 Å². The second-order valence-electron chi connectivity index (χ2n) is 7.59. The van der Waals surface area contributed by atoms with Gasteiger partial charge >= 0.3 is 0 Å². The van der Waals surface area contributed by atoms with Gasteiger partial charge < -0.3 is 19.5 Å². The number of rotatable bonds is 5. The van der Waals surface area contributed by atoms with Crippen molar-refractivity contribution in [1.29, 1.82) is 0 Å².